The van der Waals surface area contributed by atoms with E-state index in [0.29, 0.717) is 10.6 Å². The number of nitriles is 1. The third kappa shape index (κ3) is 5.05. The summed E-state index contributed by atoms with van der Waals surface area (Å²) >= 11 is 5.97. The number of nitrogens with zero attached hydrogens (tertiary/aromatic N) is 2. The van der Waals surface area contributed by atoms with Gasteiger partial charge in [0, 0.05) is 11.6 Å². The fourth-order valence-electron chi connectivity index (χ4n) is 1.85. The smallest absolute Gasteiger partial charge is 0.346 e. The van der Waals surface area contributed by atoms with Crippen LogP contribution in [0.1, 0.15) is 11.1 Å². The Hall–Kier alpha value is -2.89. The Kier molecular flexibility index (Phi) is 6.33. The monoisotopic (exact) mass is 391 g/mol. The van der Waals surface area contributed by atoms with Crippen molar-refractivity contribution >= 4 is 33.3 Å². The molecule has 0 aliphatic carbocycles. The molecular formula is C17H14ClN3O4S. The molecule has 9 heteroatoms. The molecule has 2 rings (SSSR count). The first kappa shape index (κ1) is 19.4. The maximum atomic E-state index is 12.0. The van der Waals surface area contributed by atoms with Crippen molar-refractivity contribution in [3.63, 3.8) is 0 Å². The molecule has 1 N–H and O–H groups in total. The quantitative estimate of drug-likeness (QED) is 0.601. The molecule has 0 saturated carbocycles. The lowest BCUT2D eigenvalue weighted by molar-refractivity contribution is -0.114. The molecule has 2 aromatic rings. The summed E-state index contributed by atoms with van der Waals surface area (Å²) in [4.78, 5) is 11.8. The van der Waals surface area contributed by atoms with Crippen molar-refractivity contribution in [1.29, 1.82) is 5.26 Å². The van der Waals surface area contributed by atoms with Gasteiger partial charge in [-0.3, -0.25) is 9.08 Å². The van der Waals surface area contributed by atoms with Crippen LogP contribution in [0.15, 0.2) is 58.6 Å². The highest BCUT2D eigenvalue weighted by atomic mass is 35.5. The Morgan fingerprint density at radius 2 is 1.88 bits per heavy atom. The van der Waals surface area contributed by atoms with Gasteiger partial charge < -0.3 is 5.32 Å². The molecule has 26 heavy (non-hydrogen) atoms. The standard InChI is InChI=1S/C17H14ClN3O4S/c1-12-6-8-14(9-7-12)26(23,24)25-21-16(10-19)17(22)20-11-13-4-2-3-5-15(13)18/h2-9H,11H2,1H3,(H,20,22)/b21-16+. The molecule has 0 atom stereocenters. The van der Waals surface area contributed by atoms with Gasteiger partial charge in [-0.15, -0.1) is 0 Å². The summed E-state index contributed by atoms with van der Waals surface area (Å²) in [5.41, 5.74) is 0.768. The van der Waals surface area contributed by atoms with E-state index in [2.05, 4.69) is 14.8 Å². The molecule has 0 bridgehead atoms. The molecule has 0 heterocycles. The lowest BCUT2D eigenvalue weighted by Crippen LogP contribution is -2.30. The van der Waals surface area contributed by atoms with Gasteiger partial charge in [-0.25, -0.2) is 0 Å². The van der Waals surface area contributed by atoms with Crippen molar-refractivity contribution in [2.24, 2.45) is 5.16 Å². The van der Waals surface area contributed by atoms with Crippen LogP contribution in [0, 0.1) is 18.3 Å². The highest BCUT2D eigenvalue weighted by molar-refractivity contribution is 7.86. The van der Waals surface area contributed by atoms with Crippen LogP contribution in [-0.2, 0) is 25.7 Å². The molecule has 134 valence electrons. The number of hydrogen-bond donors (Lipinski definition) is 1. The molecule has 0 saturated heterocycles. The summed E-state index contributed by atoms with van der Waals surface area (Å²) in [5.74, 6) is -0.883. The first-order chi connectivity index (χ1) is 12.3. The number of aryl methyl sites for hydroxylation is 1. The molecule has 0 aromatic heterocycles. The van der Waals surface area contributed by atoms with Crippen molar-refractivity contribution in [2.45, 2.75) is 18.4 Å². The second kappa shape index (κ2) is 8.47. The van der Waals surface area contributed by atoms with Gasteiger partial charge >= 0.3 is 10.1 Å². The maximum Gasteiger partial charge on any atom is 0.358 e. The summed E-state index contributed by atoms with van der Waals surface area (Å²) in [6.45, 7) is 1.84. The summed E-state index contributed by atoms with van der Waals surface area (Å²) in [5, 5.41) is 15.0. The highest BCUT2D eigenvalue weighted by Crippen LogP contribution is 2.15. The second-order valence-corrected chi connectivity index (χ2v) is 7.10. The van der Waals surface area contributed by atoms with E-state index in [9.17, 15) is 13.2 Å². The van der Waals surface area contributed by atoms with Crippen molar-refractivity contribution < 1.29 is 17.5 Å². The van der Waals surface area contributed by atoms with E-state index < -0.39 is 21.7 Å². The first-order valence-electron chi connectivity index (χ1n) is 7.33. The third-order valence-electron chi connectivity index (χ3n) is 3.25. The number of hydrogen-bond acceptors (Lipinski definition) is 6. The van der Waals surface area contributed by atoms with Crippen LogP contribution in [0.4, 0.5) is 0 Å². The van der Waals surface area contributed by atoms with Gasteiger partial charge in [0.15, 0.2) is 0 Å². The van der Waals surface area contributed by atoms with E-state index in [0.717, 1.165) is 5.56 Å². The fourth-order valence-corrected chi connectivity index (χ4v) is 2.78. The number of halogens is 1. The number of amides is 1. The summed E-state index contributed by atoms with van der Waals surface area (Å²) < 4.78 is 28.5. The van der Waals surface area contributed by atoms with Crippen molar-refractivity contribution in [3.8, 4) is 6.07 Å². The summed E-state index contributed by atoms with van der Waals surface area (Å²) in [7, 11) is -4.23. The average Bonchev–Trinajstić information content (AvgIpc) is 2.62. The van der Waals surface area contributed by atoms with Crippen LogP contribution < -0.4 is 5.32 Å². The topological polar surface area (TPSA) is 109 Å². The zero-order valence-electron chi connectivity index (χ0n) is 13.6. The minimum atomic E-state index is -4.23. The van der Waals surface area contributed by atoms with E-state index in [4.69, 9.17) is 16.9 Å². The largest absolute Gasteiger partial charge is 0.358 e. The number of nitrogens with one attached hydrogen (secondary N) is 1. The Labute approximate surface area is 156 Å². The van der Waals surface area contributed by atoms with Crippen LogP contribution in [0.5, 0.6) is 0 Å². The average molecular weight is 392 g/mol. The van der Waals surface area contributed by atoms with Crippen LogP contribution >= 0.6 is 11.6 Å². The number of benzene rings is 2. The minimum absolute atomic E-state index is 0.0456. The van der Waals surface area contributed by atoms with E-state index >= 15 is 0 Å². The van der Waals surface area contributed by atoms with Gasteiger partial charge in [0.1, 0.15) is 11.0 Å². The minimum Gasteiger partial charge on any atom is -0.346 e. The zero-order chi connectivity index (χ0) is 19.2. The Bertz CT molecular complexity index is 980. The molecule has 0 fully saturated rings. The maximum absolute atomic E-state index is 12.0. The van der Waals surface area contributed by atoms with E-state index in [1.165, 1.54) is 18.2 Å². The normalized spacial score (nSPS) is 11.5. The second-order valence-electron chi connectivity index (χ2n) is 5.17. The third-order valence-corrected chi connectivity index (χ3v) is 4.74. The molecule has 0 aliphatic heterocycles. The Morgan fingerprint density at radius 3 is 2.50 bits per heavy atom. The highest BCUT2D eigenvalue weighted by Gasteiger charge is 2.18. The van der Waals surface area contributed by atoms with Crippen molar-refractivity contribution in [3.05, 3.63) is 64.7 Å². The summed E-state index contributed by atoms with van der Waals surface area (Å²) in [6.07, 6.45) is 0. The number of rotatable bonds is 6. The molecule has 0 unspecified atom stereocenters. The van der Waals surface area contributed by atoms with E-state index in [1.807, 2.05) is 0 Å². The summed E-state index contributed by atoms with van der Waals surface area (Å²) in [6, 6.07) is 14.2. The van der Waals surface area contributed by atoms with Gasteiger partial charge in [0.2, 0.25) is 5.71 Å². The molecular weight excluding hydrogens is 378 g/mol. The van der Waals surface area contributed by atoms with Crippen molar-refractivity contribution in [2.75, 3.05) is 0 Å². The first-order valence-corrected chi connectivity index (χ1v) is 9.12. The number of carbonyl (C=O) groups excluding carboxylic acids is 1. The molecule has 0 radical (unpaired) electrons. The fraction of sp³-hybridized carbons (Fsp3) is 0.118. The van der Waals surface area contributed by atoms with Crippen LogP contribution in [0.3, 0.4) is 0 Å². The predicted octanol–water partition coefficient (Wildman–Crippen LogP) is 2.55. The van der Waals surface area contributed by atoms with Gasteiger partial charge in [0.05, 0.1) is 0 Å². The number of oxime groups is 1. The van der Waals surface area contributed by atoms with Gasteiger partial charge in [-0.05, 0) is 35.8 Å². The molecule has 1 amide bonds. The number of carbonyl (C=O) groups is 1. The molecule has 0 spiro atoms. The van der Waals surface area contributed by atoms with Gasteiger partial charge in [-0.1, -0.05) is 47.5 Å². The van der Waals surface area contributed by atoms with E-state index in [-0.39, 0.29) is 11.4 Å². The molecule has 0 aliphatic rings. The lowest BCUT2D eigenvalue weighted by atomic mass is 10.2. The van der Waals surface area contributed by atoms with Gasteiger partial charge in [0.25, 0.3) is 5.91 Å². The van der Waals surface area contributed by atoms with Crippen LogP contribution in [0.2, 0.25) is 5.02 Å². The Morgan fingerprint density at radius 1 is 1.23 bits per heavy atom. The Balaban J connectivity index is 2.07. The molecule has 2 aromatic carbocycles. The van der Waals surface area contributed by atoms with Crippen LogP contribution in [0.25, 0.3) is 0 Å². The van der Waals surface area contributed by atoms with Crippen LogP contribution in [-0.4, -0.2) is 20.0 Å². The van der Waals surface area contributed by atoms with Crippen molar-refractivity contribution in [1.82, 2.24) is 5.32 Å². The predicted molar refractivity (Wildman–Crippen MR) is 95.8 cm³/mol. The zero-order valence-corrected chi connectivity index (χ0v) is 15.2. The molecule has 7 nitrogen and oxygen atoms in total. The van der Waals surface area contributed by atoms with E-state index in [1.54, 1.807) is 43.3 Å². The SMILES string of the molecule is Cc1ccc(S(=O)(=O)O/N=C(\C#N)C(=O)NCc2ccccc2Cl)cc1. The lowest BCUT2D eigenvalue weighted by Gasteiger charge is -2.06. The van der Waals surface area contributed by atoms with Gasteiger partial charge in [-0.2, -0.15) is 13.7 Å².